The average molecular weight is 340 g/mol. The first-order valence-corrected chi connectivity index (χ1v) is 8.12. The van der Waals surface area contributed by atoms with Crippen LogP contribution >= 0.6 is 15.9 Å². The molecule has 110 valence electrons. The van der Waals surface area contributed by atoms with Crippen molar-refractivity contribution in [3.8, 4) is 0 Å². The molecule has 1 aliphatic heterocycles. The number of halogens is 1. The molecule has 0 aromatic carbocycles. The van der Waals surface area contributed by atoms with Gasteiger partial charge < -0.3 is 10.2 Å². The van der Waals surface area contributed by atoms with Gasteiger partial charge >= 0.3 is 0 Å². The van der Waals surface area contributed by atoms with Gasteiger partial charge in [-0.3, -0.25) is 9.78 Å². The minimum absolute atomic E-state index is 0.0224. The van der Waals surface area contributed by atoms with Crippen molar-refractivity contribution in [2.45, 2.75) is 38.6 Å². The van der Waals surface area contributed by atoms with Crippen LogP contribution in [0.2, 0.25) is 0 Å². The number of hydrogen-bond donors (Lipinski definition) is 1. The Hall–Kier alpha value is -0.940. The molecular weight excluding hydrogens is 318 g/mol. The van der Waals surface area contributed by atoms with Crippen LogP contribution in [0.25, 0.3) is 0 Å². The number of carbonyl (C=O) groups is 1. The fraction of sp³-hybridized carbons (Fsp3) is 0.600. The third-order valence-electron chi connectivity index (χ3n) is 3.72. The predicted octanol–water partition coefficient (Wildman–Crippen LogP) is 2.84. The summed E-state index contributed by atoms with van der Waals surface area (Å²) in [7, 11) is 0. The molecule has 1 N–H and O–H groups in total. The van der Waals surface area contributed by atoms with Gasteiger partial charge in [0.2, 0.25) is 0 Å². The lowest BCUT2D eigenvalue weighted by molar-refractivity contribution is 0.0910. The second-order valence-electron chi connectivity index (χ2n) is 5.33. The molecule has 1 saturated heterocycles. The van der Waals surface area contributed by atoms with Crippen molar-refractivity contribution >= 4 is 21.8 Å². The van der Waals surface area contributed by atoms with E-state index in [2.05, 4.69) is 38.1 Å². The zero-order chi connectivity index (χ0) is 14.4. The Balaban J connectivity index is 1.79. The summed E-state index contributed by atoms with van der Waals surface area (Å²) in [4.78, 5) is 18.7. The second kappa shape index (κ2) is 7.74. The molecule has 1 aliphatic rings. The zero-order valence-corrected chi connectivity index (χ0v) is 13.5. The van der Waals surface area contributed by atoms with Gasteiger partial charge in [-0.05, 0) is 47.8 Å². The molecule has 5 heteroatoms. The molecule has 0 saturated carbocycles. The summed E-state index contributed by atoms with van der Waals surface area (Å²) in [5, 5.41) is 3.11. The van der Waals surface area contributed by atoms with Gasteiger partial charge in [-0.2, -0.15) is 0 Å². The van der Waals surface area contributed by atoms with E-state index in [4.69, 9.17) is 0 Å². The smallest absolute Gasteiger partial charge is 0.253 e. The molecule has 0 atom stereocenters. The van der Waals surface area contributed by atoms with Crippen molar-refractivity contribution in [1.82, 2.24) is 15.2 Å². The minimum Gasteiger partial charge on any atom is -0.349 e. The minimum atomic E-state index is -0.0224. The van der Waals surface area contributed by atoms with E-state index < -0.39 is 0 Å². The van der Waals surface area contributed by atoms with Crippen LogP contribution in [0.5, 0.6) is 0 Å². The maximum absolute atomic E-state index is 12.1. The summed E-state index contributed by atoms with van der Waals surface area (Å²) in [5.74, 6) is -0.0224. The van der Waals surface area contributed by atoms with E-state index in [1.165, 1.54) is 19.4 Å². The summed E-state index contributed by atoms with van der Waals surface area (Å²) < 4.78 is 0.833. The number of carbonyl (C=O) groups excluding carboxylic acids is 1. The first-order valence-electron chi connectivity index (χ1n) is 7.33. The zero-order valence-electron chi connectivity index (χ0n) is 11.9. The molecular formula is C15H22BrN3O. The Morgan fingerprint density at radius 2 is 2.20 bits per heavy atom. The normalized spacial score (nSPS) is 17.1. The van der Waals surface area contributed by atoms with Crippen LogP contribution < -0.4 is 5.32 Å². The lowest BCUT2D eigenvalue weighted by Crippen LogP contribution is -2.44. The van der Waals surface area contributed by atoms with E-state index in [1.54, 1.807) is 18.5 Å². The lowest BCUT2D eigenvalue weighted by Gasteiger charge is -2.32. The molecule has 0 spiro atoms. The highest BCUT2D eigenvalue weighted by Crippen LogP contribution is 2.13. The van der Waals surface area contributed by atoms with Crippen molar-refractivity contribution in [3.05, 3.63) is 28.5 Å². The van der Waals surface area contributed by atoms with Gasteiger partial charge in [0.15, 0.2) is 0 Å². The summed E-state index contributed by atoms with van der Waals surface area (Å²) in [6.07, 6.45) is 7.88. The maximum Gasteiger partial charge on any atom is 0.253 e. The van der Waals surface area contributed by atoms with Crippen molar-refractivity contribution < 1.29 is 4.79 Å². The molecule has 1 aromatic rings. The summed E-state index contributed by atoms with van der Waals surface area (Å²) >= 11 is 3.34. The summed E-state index contributed by atoms with van der Waals surface area (Å²) in [6, 6.07) is 2.10. The maximum atomic E-state index is 12.1. The standard InChI is InChI=1S/C15H22BrN3O/c1-2-3-6-19-7-4-14(5-8-19)18-15(20)12-9-13(16)11-17-10-12/h9-11,14H,2-8H2,1H3,(H,18,20). The van der Waals surface area contributed by atoms with Gasteiger partial charge in [0.05, 0.1) is 5.56 Å². The molecule has 1 aromatic heterocycles. The third-order valence-corrected chi connectivity index (χ3v) is 4.15. The molecule has 1 fully saturated rings. The van der Waals surface area contributed by atoms with Crippen molar-refractivity contribution in [1.29, 1.82) is 0 Å². The van der Waals surface area contributed by atoms with Gasteiger partial charge in [0, 0.05) is 36.0 Å². The highest BCUT2D eigenvalue weighted by molar-refractivity contribution is 9.10. The Kier molecular flexibility index (Phi) is 5.98. The SMILES string of the molecule is CCCCN1CCC(NC(=O)c2cncc(Br)c2)CC1. The molecule has 4 nitrogen and oxygen atoms in total. The largest absolute Gasteiger partial charge is 0.349 e. The van der Waals surface area contributed by atoms with E-state index in [-0.39, 0.29) is 5.91 Å². The van der Waals surface area contributed by atoms with Crippen LogP contribution in [0.15, 0.2) is 22.9 Å². The second-order valence-corrected chi connectivity index (χ2v) is 6.25. The van der Waals surface area contributed by atoms with Crippen LogP contribution in [0, 0.1) is 0 Å². The Morgan fingerprint density at radius 3 is 2.85 bits per heavy atom. The van der Waals surface area contributed by atoms with E-state index >= 15 is 0 Å². The number of aromatic nitrogens is 1. The van der Waals surface area contributed by atoms with Crippen LogP contribution in [-0.4, -0.2) is 41.5 Å². The lowest BCUT2D eigenvalue weighted by atomic mass is 10.0. The molecule has 20 heavy (non-hydrogen) atoms. The fourth-order valence-electron chi connectivity index (χ4n) is 2.49. The molecule has 0 bridgehead atoms. The molecule has 2 rings (SSSR count). The topological polar surface area (TPSA) is 45.2 Å². The number of hydrogen-bond acceptors (Lipinski definition) is 3. The van der Waals surface area contributed by atoms with Gasteiger partial charge in [-0.1, -0.05) is 13.3 Å². The van der Waals surface area contributed by atoms with Crippen LogP contribution in [-0.2, 0) is 0 Å². The van der Waals surface area contributed by atoms with Gasteiger partial charge in [-0.25, -0.2) is 0 Å². The number of nitrogens with one attached hydrogen (secondary N) is 1. The molecule has 0 radical (unpaired) electrons. The first kappa shape index (κ1) is 15.4. The molecule has 1 amide bonds. The Bertz CT molecular complexity index is 444. The number of nitrogens with zero attached hydrogens (tertiary/aromatic N) is 2. The predicted molar refractivity (Wildman–Crippen MR) is 83.8 cm³/mol. The van der Waals surface area contributed by atoms with E-state index in [0.717, 1.165) is 30.4 Å². The Labute approximate surface area is 129 Å². The monoisotopic (exact) mass is 339 g/mol. The van der Waals surface area contributed by atoms with Crippen LogP contribution in [0.1, 0.15) is 43.0 Å². The first-order chi connectivity index (χ1) is 9.69. The average Bonchev–Trinajstić information content (AvgIpc) is 2.46. The highest BCUT2D eigenvalue weighted by Gasteiger charge is 2.20. The number of rotatable bonds is 5. The van der Waals surface area contributed by atoms with Crippen molar-refractivity contribution in [2.24, 2.45) is 0 Å². The molecule has 0 aliphatic carbocycles. The fourth-order valence-corrected chi connectivity index (χ4v) is 2.85. The highest BCUT2D eigenvalue weighted by atomic mass is 79.9. The molecule has 0 unspecified atom stereocenters. The summed E-state index contributed by atoms with van der Waals surface area (Å²) in [5.41, 5.74) is 0.618. The number of amides is 1. The summed E-state index contributed by atoms with van der Waals surface area (Å²) in [6.45, 7) is 5.58. The number of pyridine rings is 1. The van der Waals surface area contributed by atoms with Gasteiger partial charge in [0.1, 0.15) is 0 Å². The molecule has 2 heterocycles. The Morgan fingerprint density at radius 1 is 1.45 bits per heavy atom. The van der Waals surface area contributed by atoms with E-state index in [9.17, 15) is 4.79 Å². The third kappa shape index (κ3) is 4.56. The van der Waals surface area contributed by atoms with E-state index in [0.29, 0.717) is 11.6 Å². The van der Waals surface area contributed by atoms with Gasteiger partial charge in [0.25, 0.3) is 5.91 Å². The van der Waals surface area contributed by atoms with Crippen LogP contribution in [0.3, 0.4) is 0 Å². The number of likely N-dealkylation sites (tertiary alicyclic amines) is 1. The van der Waals surface area contributed by atoms with E-state index in [1.807, 2.05) is 0 Å². The number of unbranched alkanes of at least 4 members (excludes halogenated alkanes) is 1. The van der Waals surface area contributed by atoms with Crippen molar-refractivity contribution in [3.63, 3.8) is 0 Å². The van der Waals surface area contributed by atoms with Crippen molar-refractivity contribution in [2.75, 3.05) is 19.6 Å². The number of piperidine rings is 1. The quantitative estimate of drug-likeness (QED) is 0.897. The van der Waals surface area contributed by atoms with Crippen LogP contribution in [0.4, 0.5) is 0 Å². The van der Waals surface area contributed by atoms with Gasteiger partial charge in [-0.15, -0.1) is 0 Å².